The SMILES string of the molecule is COc1ccc(NC(=O)c2nn[nH]n2)c([N+](=O)[O-])c1. The number of benzene rings is 1. The summed E-state index contributed by atoms with van der Waals surface area (Å²) < 4.78 is 4.88. The van der Waals surface area contributed by atoms with E-state index < -0.39 is 10.8 Å². The van der Waals surface area contributed by atoms with Crippen molar-refractivity contribution in [2.75, 3.05) is 12.4 Å². The molecule has 10 heteroatoms. The van der Waals surface area contributed by atoms with Gasteiger partial charge in [0.15, 0.2) is 0 Å². The van der Waals surface area contributed by atoms with Crippen LogP contribution in [0, 0.1) is 10.1 Å². The first-order valence-electron chi connectivity index (χ1n) is 4.99. The van der Waals surface area contributed by atoms with Gasteiger partial charge in [-0.05, 0) is 17.3 Å². The molecule has 0 atom stereocenters. The van der Waals surface area contributed by atoms with Crippen LogP contribution in [0.5, 0.6) is 5.75 Å². The maximum absolute atomic E-state index is 11.7. The summed E-state index contributed by atoms with van der Waals surface area (Å²) in [4.78, 5) is 21.9. The van der Waals surface area contributed by atoms with E-state index in [0.717, 1.165) is 0 Å². The molecule has 1 heterocycles. The fourth-order valence-corrected chi connectivity index (χ4v) is 1.33. The van der Waals surface area contributed by atoms with Crippen LogP contribution in [0.25, 0.3) is 0 Å². The summed E-state index contributed by atoms with van der Waals surface area (Å²) in [6.07, 6.45) is 0. The minimum Gasteiger partial charge on any atom is -0.496 e. The topological polar surface area (TPSA) is 136 Å². The van der Waals surface area contributed by atoms with E-state index in [1.807, 2.05) is 0 Å². The number of hydrogen-bond acceptors (Lipinski definition) is 7. The highest BCUT2D eigenvalue weighted by Crippen LogP contribution is 2.29. The average molecular weight is 264 g/mol. The number of rotatable bonds is 4. The summed E-state index contributed by atoms with van der Waals surface area (Å²) in [7, 11) is 1.39. The Kier molecular flexibility index (Phi) is 3.32. The van der Waals surface area contributed by atoms with E-state index >= 15 is 0 Å². The molecular weight excluding hydrogens is 256 g/mol. The van der Waals surface area contributed by atoms with Crippen molar-refractivity contribution in [2.45, 2.75) is 0 Å². The lowest BCUT2D eigenvalue weighted by molar-refractivity contribution is -0.384. The predicted molar refractivity (Wildman–Crippen MR) is 61.8 cm³/mol. The standard InChI is InChI=1S/C9H8N6O4/c1-19-5-2-3-6(7(4-5)15(17)18)10-9(16)8-11-13-14-12-8/h2-4H,1H3,(H,10,16)(H,11,12,13,14). The molecule has 1 aromatic carbocycles. The van der Waals surface area contributed by atoms with Crippen LogP contribution in [-0.4, -0.2) is 38.6 Å². The second-order valence-electron chi connectivity index (χ2n) is 3.33. The molecule has 0 saturated heterocycles. The van der Waals surface area contributed by atoms with Crippen molar-refractivity contribution < 1.29 is 14.5 Å². The Labute approximate surface area is 105 Å². The third-order valence-corrected chi connectivity index (χ3v) is 2.20. The van der Waals surface area contributed by atoms with Crippen molar-refractivity contribution in [1.29, 1.82) is 0 Å². The Balaban J connectivity index is 2.29. The van der Waals surface area contributed by atoms with Crippen molar-refractivity contribution in [3.05, 3.63) is 34.1 Å². The highest BCUT2D eigenvalue weighted by molar-refractivity contribution is 6.02. The normalized spacial score (nSPS) is 9.95. The Morgan fingerprint density at radius 1 is 1.53 bits per heavy atom. The Morgan fingerprint density at radius 2 is 2.32 bits per heavy atom. The van der Waals surface area contributed by atoms with Crippen molar-refractivity contribution >= 4 is 17.3 Å². The third-order valence-electron chi connectivity index (χ3n) is 2.20. The first-order chi connectivity index (χ1) is 9.11. The highest BCUT2D eigenvalue weighted by atomic mass is 16.6. The van der Waals surface area contributed by atoms with Gasteiger partial charge in [0.05, 0.1) is 18.1 Å². The van der Waals surface area contributed by atoms with Gasteiger partial charge in [0, 0.05) is 0 Å². The number of hydrogen-bond donors (Lipinski definition) is 2. The van der Waals surface area contributed by atoms with E-state index in [4.69, 9.17) is 4.74 Å². The first kappa shape index (κ1) is 12.4. The molecule has 0 aliphatic carbocycles. The average Bonchev–Trinajstić information content (AvgIpc) is 2.92. The Bertz CT molecular complexity index is 611. The van der Waals surface area contributed by atoms with E-state index in [-0.39, 0.29) is 17.2 Å². The molecule has 0 radical (unpaired) electrons. The molecule has 0 unspecified atom stereocenters. The van der Waals surface area contributed by atoms with Crippen LogP contribution in [0.15, 0.2) is 18.2 Å². The molecule has 0 saturated carbocycles. The van der Waals surface area contributed by atoms with Crippen LogP contribution in [0.4, 0.5) is 11.4 Å². The molecule has 2 N–H and O–H groups in total. The molecule has 0 fully saturated rings. The zero-order valence-electron chi connectivity index (χ0n) is 9.65. The molecular formula is C9H8N6O4. The lowest BCUT2D eigenvalue weighted by Crippen LogP contribution is -2.15. The second kappa shape index (κ2) is 5.08. The summed E-state index contributed by atoms with van der Waals surface area (Å²) in [5, 5.41) is 25.5. The molecule has 10 nitrogen and oxygen atoms in total. The number of H-pyrrole nitrogens is 1. The number of tetrazole rings is 1. The molecule has 0 aliphatic rings. The monoisotopic (exact) mass is 264 g/mol. The number of nitrogens with zero attached hydrogens (tertiary/aromatic N) is 4. The Morgan fingerprint density at radius 3 is 2.89 bits per heavy atom. The zero-order valence-corrected chi connectivity index (χ0v) is 9.65. The number of nitro benzene ring substituents is 1. The maximum atomic E-state index is 11.7. The van der Waals surface area contributed by atoms with Gasteiger partial charge >= 0.3 is 0 Å². The van der Waals surface area contributed by atoms with Gasteiger partial charge in [0.2, 0.25) is 0 Å². The minimum atomic E-state index is -0.706. The largest absolute Gasteiger partial charge is 0.496 e. The van der Waals surface area contributed by atoms with E-state index in [2.05, 4.69) is 25.9 Å². The number of nitrogens with one attached hydrogen (secondary N) is 2. The molecule has 98 valence electrons. The number of ether oxygens (including phenoxy) is 1. The molecule has 2 rings (SSSR count). The molecule has 0 bridgehead atoms. The van der Waals surface area contributed by atoms with Gasteiger partial charge in [0.1, 0.15) is 11.4 Å². The number of anilines is 1. The van der Waals surface area contributed by atoms with Crippen LogP contribution < -0.4 is 10.1 Å². The van der Waals surface area contributed by atoms with Crippen LogP contribution in [-0.2, 0) is 0 Å². The van der Waals surface area contributed by atoms with Crippen molar-refractivity contribution in [1.82, 2.24) is 20.6 Å². The summed E-state index contributed by atoms with van der Waals surface area (Å²) in [5.74, 6) is -0.614. The Hall–Kier alpha value is -3.04. The van der Waals surface area contributed by atoms with Gasteiger partial charge in [-0.25, -0.2) is 0 Å². The number of aromatic nitrogens is 4. The smallest absolute Gasteiger partial charge is 0.297 e. The van der Waals surface area contributed by atoms with Gasteiger partial charge < -0.3 is 10.1 Å². The van der Waals surface area contributed by atoms with Crippen LogP contribution in [0.2, 0.25) is 0 Å². The number of amides is 1. The molecule has 1 aromatic heterocycles. The van der Waals surface area contributed by atoms with Crippen LogP contribution in [0.1, 0.15) is 10.6 Å². The lowest BCUT2D eigenvalue weighted by atomic mass is 10.2. The molecule has 0 spiro atoms. The third kappa shape index (κ3) is 2.62. The summed E-state index contributed by atoms with van der Waals surface area (Å²) in [6, 6.07) is 4.04. The van der Waals surface area contributed by atoms with Crippen molar-refractivity contribution in [2.24, 2.45) is 0 Å². The molecule has 2 aromatic rings. The fourth-order valence-electron chi connectivity index (χ4n) is 1.33. The van der Waals surface area contributed by atoms with E-state index in [0.29, 0.717) is 5.75 Å². The van der Waals surface area contributed by atoms with E-state index in [1.54, 1.807) is 0 Å². The molecule has 1 amide bonds. The highest BCUT2D eigenvalue weighted by Gasteiger charge is 2.19. The summed E-state index contributed by atoms with van der Waals surface area (Å²) in [6.45, 7) is 0. The number of nitro groups is 1. The first-order valence-corrected chi connectivity index (χ1v) is 4.99. The fraction of sp³-hybridized carbons (Fsp3) is 0.111. The minimum absolute atomic E-state index is 0.0144. The maximum Gasteiger partial charge on any atom is 0.297 e. The van der Waals surface area contributed by atoms with Crippen molar-refractivity contribution in [3.8, 4) is 5.75 Å². The molecule has 19 heavy (non-hydrogen) atoms. The summed E-state index contributed by atoms with van der Waals surface area (Å²) >= 11 is 0. The van der Waals surface area contributed by atoms with E-state index in [1.165, 1.54) is 25.3 Å². The lowest BCUT2D eigenvalue weighted by Gasteiger charge is -2.05. The van der Waals surface area contributed by atoms with Gasteiger partial charge in [-0.3, -0.25) is 14.9 Å². The second-order valence-corrected chi connectivity index (χ2v) is 3.33. The number of carbonyl (C=O) groups is 1. The van der Waals surface area contributed by atoms with Crippen LogP contribution >= 0.6 is 0 Å². The van der Waals surface area contributed by atoms with Gasteiger partial charge in [0.25, 0.3) is 17.4 Å². The number of carbonyl (C=O) groups excluding carboxylic acids is 1. The summed E-state index contributed by atoms with van der Waals surface area (Å²) in [5.41, 5.74) is -0.281. The van der Waals surface area contributed by atoms with E-state index in [9.17, 15) is 14.9 Å². The molecule has 0 aliphatic heterocycles. The number of methoxy groups -OCH3 is 1. The number of aromatic amines is 1. The zero-order chi connectivity index (χ0) is 13.8. The quantitative estimate of drug-likeness (QED) is 0.601. The van der Waals surface area contributed by atoms with Crippen LogP contribution in [0.3, 0.4) is 0 Å². The van der Waals surface area contributed by atoms with Gasteiger partial charge in [-0.15, -0.1) is 10.2 Å². The van der Waals surface area contributed by atoms with Gasteiger partial charge in [-0.1, -0.05) is 0 Å². The van der Waals surface area contributed by atoms with Gasteiger partial charge in [-0.2, -0.15) is 5.21 Å². The predicted octanol–water partition coefficient (Wildman–Crippen LogP) is 0.369. The van der Waals surface area contributed by atoms with Crippen molar-refractivity contribution in [3.63, 3.8) is 0 Å².